The molecule has 0 spiro atoms. The molecule has 30 heavy (non-hydrogen) atoms. The first-order chi connectivity index (χ1) is 14.6. The van der Waals surface area contributed by atoms with Crippen LogP contribution < -0.4 is 16.0 Å². The van der Waals surface area contributed by atoms with Crippen LogP contribution in [0.1, 0.15) is 25.7 Å². The molecule has 2 amide bonds. The lowest BCUT2D eigenvalue weighted by Crippen LogP contribution is -2.40. The van der Waals surface area contributed by atoms with Gasteiger partial charge in [-0.3, -0.25) is 9.59 Å². The molecule has 3 heterocycles. The fourth-order valence-corrected chi connectivity index (χ4v) is 4.01. The first kappa shape index (κ1) is 20.4. The molecule has 0 saturated carbocycles. The number of H-pyrrole nitrogens is 1. The number of amides is 2. The smallest absolute Gasteiger partial charge is 0.241 e. The van der Waals surface area contributed by atoms with Crippen LogP contribution in [0.2, 0.25) is 0 Å². The monoisotopic (exact) mass is 429 g/mol. The van der Waals surface area contributed by atoms with E-state index in [1.54, 1.807) is 0 Å². The normalized spacial score (nSPS) is 16.1. The highest BCUT2D eigenvalue weighted by molar-refractivity contribution is 7.80. The van der Waals surface area contributed by atoms with Crippen molar-refractivity contribution in [1.29, 1.82) is 0 Å². The molecule has 1 aromatic carbocycles. The summed E-state index contributed by atoms with van der Waals surface area (Å²) in [4.78, 5) is 35.7. The van der Waals surface area contributed by atoms with E-state index in [4.69, 9.17) is 12.2 Å². The van der Waals surface area contributed by atoms with E-state index in [2.05, 4.69) is 25.9 Å². The molecule has 2 fully saturated rings. The number of hydrogen-bond acceptors (Lipinski definition) is 5. The standard InChI is InChI=1S/C20H27N7O2S/c28-17(26-7-1-2-8-26)12-21-19-24-15-6-5-14(11-16(15)25-19)23-20(30)22-13-18(29)27-9-3-4-10-27/h5-6,11H,1-4,7-10,12-13H2,(H2,21,24,25)(H2,22,23,30). The maximum Gasteiger partial charge on any atom is 0.241 e. The number of carbonyl (C=O) groups excluding carboxylic acids is 2. The van der Waals surface area contributed by atoms with Gasteiger partial charge in [-0.2, -0.15) is 0 Å². The van der Waals surface area contributed by atoms with Crippen LogP contribution in [-0.2, 0) is 9.59 Å². The van der Waals surface area contributed by atoms with E-state index in [0.29, 0.717) is 11.1 Å². The maximum atomic E-state index is 12.2. The summed E-state index contributed by atoms with van der Waals surface area (Å²) in [6.07, 6.45) is 4.30. The van der Waals surface area contributed by atoms with Gasteiger partial charge >= 0.3 is 0 Å². The molecule has 160 valence electrons. The zero-order chi connectivity index (χ0) is 20.9. The van der Waals surface area contributed by atoms with Crippen molar-refractivity contribution in [3.05, 3.63) is 18.2 Å². The predicted molar refractivity (Wildman–Crippen MR) is 120 cm³/mol. The second-order valence-electron chi connectivity index (χ2n) is 7.65. The Morgan fingerprint density at radius 2 is 1.63 bits per heavy atom. The number of imidazole rings is 1. The van der Waals surface area contributed by atoms with E-state index in [-0.39, 0.29) is 24.9 Å². The maximum absolute atomic E-state index is 12.2. The van der Waals surface area contributed by atoms with Crippen molar-refractivity contribution in [2.75, 3.05) is 49.9 Å². The predicted octanol–water partition coefficient (Wildman–Crippen LogP) is 1.51. The van der Waals surface area contributed by atoms with Gasteiger partial charge in [0, 0.05) is 31.9 Å². The number of likely N-dealkylation sites (tertiary alicyclic amines) is 2. The number of aromatic nitrogens is 2. The topological polar surface area (TPSA) is 105 Å². The van der Waals surface area contributed by atoms with Gasteiger partial charge in [0.1, 0.15) is 0 Å². The summed E-state index contributed by atoms with van der Waals surface area (Å²) in [7, 11) is 0. The largest absolute Gasteiger partial charge is 0.353 e. The van der Waals surface area contributed by atoms with E-state index in [1.807, 2.05) is 28.0 Å². The molecule has 0 radical (unpaired) electrons. The fourth-order valence-electron chi connectivity index (χ4n) is 3.82. The van der Waals surface area contributed by atoms with E-state index in [1.165, 1.54) is 0 Å². The van der Waals surface area contributed by atoms with E-state index < -0.39 is 0 Å². The van der Waals surface area contributed by atoms with Gasteiger partial charge < -0.3 is 30.7 Å². The summed E-state index contributed by atoms with van der Waals surface area (Å²) in [5.74, 6) is 0.724. The van der Waals surface area contributed by atoms with Gasteiger partial charge in [0.05, 0.1) is 24.1 Å². The first-order valence-electron chi connectivity index (χ1n) is 10.4. The number of anilines is 2. The summed E-state index contributed by atoms with van der Waals surface area (Å²) in [5, 5.41) is 9.54. The Labute approximate surface area is 180 Å². The minimum Gasteiger partial charge on any atom is -0.353 e. The second-order valence-corrected chi connectivity index (χ2v) is 8.06. The molecule has 0 atom stereocenters. The van der Waals surface area contributed by atoms with Crippen molar-refractivity contribution in [2.24, 2.45) is 0 Å². The van der Waals surface area contributed by atoms with Crippen LogP contribution in [0.3, 0.4) is 0 Å². The van der Waals surface area contributed by atoms with Crippen LogP contribution in [0.4, 0.5) is 11.6 Å². The quantitative estimate of drug-likeness (QED) is 0.516. The Bertz CT molecular complexity index is 932. The van der Waals surface area contributed by atoms with Gasteiger partial charge in [0.2, 0.25) is 17.8 Å². The van der Waals surface area contributed by atoms with Crippen molar-refractivity contribution in [2.45, 2.75) is 25.7 Å². The lowest BCUT2D eigenvalue weighted by molar-refractivity contribution is -0.129. The van der Waals surface area contributed by atoms with Crippen molar-refractivity contribution in [3.63, 3.8) is 0 Å². The molecule has 10 heteroatoms. The molecule has 2 aliphatic heterocycles. The summed E-state index contributed by atoms with van der Waals surface area (Å²) in [5.41, 5.74) is 2.41. The first-order valence-corrected chi connectivity index (χ1v) is 10.8. The van der Waals surface area contributed by atoms with E-state index in [0.717, 1.165) is 68.6 Å². The lowest BCUT2D eigenvalue weighted by Gasteiger charge is -2.16. The molecule has 2 aromatic rings. The number of fused-ring (bicyclic) bond motifs is 1. The molecule has 4 N–H and O–H groups in total. The Hall–Kier alpha value is -2.88. The zero-order valence-electron chi connectivity index (χ0n) is 16.9. The number of aromatic amines is 1. The molecular weight excluding hydrogens is 402 g/mol. The van der Waals surface area contributed by atoms with Crippen LogP contribution >= 0.6 is 12.2 Å². The van der Waals surface area contributed by atoms with Crippen molar-refractivity contribution in [1.82, 2.24) is 25.1 Å². The minimum atomic E-state index is 0.0693. The molecule has 2 saturated heterocycles. The van der Waals surface area contributed by atoms with Crippen LogP contribution in [0.15, 0.2) is 18.2 Å². The molecular formula is C20H27N7O2S. The fraction of sp³-hybridized carbons (Fsp3) is 0.500. The second kappa shape index (κ2) is 9.29. The number of benzene rings is 1. The molecule has 1 aromatic heterocycles. The molecule has 0 unspecified atom stereocenters. The third-order valence-electron chi connectivity index (χ3n) is 5.46. The Kier molecular flexibility index (Phi) is 6.32. The van der Waals surface area contributed by atoms with Crippen molar-refractivity contribution < 1.29 is 9.59 Å². The Balaban J connectivity index is 1.28. The molecule has 4 rings (SSSR count). The number of rotatable bonds is 6. The van der Waals surface area contributed by atoms with Gasteiger partial charge in [0.25, 0.3) is 0 Å². The number of thiocarbonyl (C=S) groups is 1. The average molecular weight is 430 g/mol. The van der Waals surface area contributed by atoms with Crippen LogP contribution in [0, 0.1) is 0 Å². The van der Waals surface area contributed by atoms with Crippen LogP contribution in [0.5, 0.6) is 0 Å². The minimum absolute atomic E-state index is 0.0693. The summed E-state index contributed by atoms with van der Waals surface area (Å²) >= 11 is 5.31. The lowest BCUT2D eigenvalue weighted by atomic mass is 10.3. The van der Waals surface area contributed by atoms with Gasteiger partial charge in [-0.25, -0.2) is 4.98 Å². The highest BCUT2D eigenvalue weighted by Gasteiger charge is 2.18. The Morgan fingerprint density at radius 3 is 2.30 bits per heavy atom. The van der Waals surface area contributed by atoms with Crippen molar-refractivity contribution >= 4 is 51.8 Å². The third kappa shape index (κ3) is 4.99. The summed E-state index contributed by atoms with van der Waals surface area (Å²) in [6.45, 7) is 3.76. The van der Waals surface area contributed by atoms with Crippen molar-refractivity contribution in [3.8, 4) is 0 Å². The molecule has 0 bridgehead atoms. The molecule has 0 aliphatic carbocycles. The van der Waals surface area contributed by atoms with Gasteiger partial charge in [-0.05, 0) is 56.1 Å². The number of nitrogens with one attached hydrogen (secondary N) is 4. The SMILES string of the molecule is O=C(CNC(=S)Nc1ccc2nc(NCC(=O)N3CCCC3)[nH]c2c1)N1CCCC1. The highest BCUT2D eigenvalue weighted by Crippen LogP contribution is 2.19. The van der Waals surface area contributed by atoms with Crippen LogP contribution in [0.25, 0.3) is 11.0 Å². The average Bonchev–Trinajstić information content (AvgIpc) is 3.51. The van der Waals surface area contributed by atoms with Gasteiger partial charge in [0.15, 0.2) is 5.11 Å². The summed E-state index contributed by atoms with van der Waals surface area (Å²) < 4.78 is 0. The zero-order valence-corrected chi connectivity index (χ0v) is 17.7. The van der Waals surface area contributed by atoms with Crippen LogP contribution in [-0.4, -0.2) is 76.0 Å². The number of nitrogens with zero attached hydrogens (tertiary/aromatic N) is 3. The van der Waals surface area contributed by atoms with E-state index >= 15 is 0 Å². The third-order valence-corrected chi connectivity index (χ3v) is 5.71. The number of hydrogen-bond donors (Lipinski definition) is 4. The summed E-state index contributed by atoms with van der Waals surface area (Å²) in [6, 6.07) is 5.64. The van der Waals surface area contributed by atoms with E-state index in [9.17, 15) is 9.59 Å². The van der Waals surface area contributed by atoms with Gasteiger partial charge in [-0.1, -0.05) is 0 Å². The number of carbonyl (C=O) groups is 2. The highest BCUT2D eigenvalue weighted by atomic mass is 32.1. The Morgan fingerprint density at radius 1 is 1.00 bits per heavy atom. The van der Waals surface area contributed by atoms with Gasteiger partial charge in [-0.15, -0.1) is 0 Å². The molecule has 9 nitrogen and oxygen atoms in total. The molecule has 2 aliphatic rings.